The molecule has 10 nitrogen and oxygen atoms in total. The molecule has 1 aromatic heterocycles. The van der Waals surface area contributed by atoms with Gasteiger partial charge in [-0.3, -0.25) is 14.4 Å². The van der Waals surface area contributed by atoms with Crippen LogP contribution in [0.15, 0.2) is 36.4 Å². The number of rotatable bonds is 7. The van der Waals surface area contributed by atoms with Crippen LogP contribution in [-0.4, -0.2) is 57.2 Å². The molecule has 2 aromatic rings. The summed E-state index contributed by atoms with van der Waals surface area (Å²) in [5.74, 6) is 0.194. The van der Waals surface area contributed by atoms with Crippen molar-refractivity contribution in [2.24, 2.45) is 11.7 Å². The van der Waals surface area contributed by atoms with Crippen molar-refractivity contribution in [3.63, 3.8) is 0 Å². The van der Waals surface area contributed by atoms with Gasteiger partial charge in [-0.2, -0.15) is 0 Å². The molecule has 0 bridgehead atoms. The Hall–Kier alpha value is -3.15. The molecule has 0 atom stereocenters. The number of nitrogens with two attached hydrogens (primary N) is 1. The highest BCUT2D eigenvalue weighted by molar-refractivity contribution is 7.17. The van der Waals surface area contributed by atoms with Gasteiger partial charge in [0.15, 0.2) is 0 Å². The van der Waals surface area contributed by atoms with Gasteiger partial charge in [0, 0.05) is 30.9 Å². The van der Waals surface area contributed by atoms with Crippen LogP contribution >= 0.6 is 22.9 Å². The number of morpholine rings is 1. The molecular weight excluding hydrogens is 520 g/mol. The van der Waals surface area contributed by atoms with Crippen molar-refractivity contribution >= 4 is 58.1 Å². The zero-order chi connectivity index (χ0) is 27.8. The van der Waals surface area contributed by atoms with Gasteiger partial charge in [-0.25, -0.2) is 4.79 Å². The van der Waals surface area contributed by atoms with Crippen LogP contribution in [0.1, 0.15) is 43.3 Å². The van der Waals surface area contributed by atoms with E-state index in [1.54, 1.807) is 41.3 Å². The maximum atomic E-state index is 11.8. The predicted octanol–water partition coefficient (Wildman–Crippen LogP) is 4.29. The van der Waals surface area contributed by atoms with E-state index in [2.05, 4.69) is 36.1 Å². The second kappa shape index (κ2) is 17.3. The fraction of sp³-hybridized carbons (Fsp3) is 0.440. The molecule has 1 aromatic carbocycles. The van der Waals surface area contributed by atoms with Crippen molar-refractivity contribution in [2.45, 2.75) is 33.6 Å². The second-order valence-electron chi connectivity index (χ2n) is 8.41. The summed E-state index contributed by atoms with van der Waals surface area (Å²) < 4.78 is 10.1. The number of primary amides is 1. The van der Waals surface area contributed by atoms with Gasteiger partial charge in [-0.15, -0.1) is 11.3 Å². The molecule has 1 aliphatic rings. The molecule has 2 heterocycles. The molecule has 0 saturated carbocycles. The first-order valence-corrected chi connectivity index (χ1v) is 12.9. The van der Waals surface area contributed by atoms with E-state index in [9.17, 15) is 19.2 Å². The van der Waals surface area contributed by atoms with Gasteiger partial charge in [-0.05, 0) is 48.7 Å². The zero-order valence-electron chi connectivity index (χ0n) is 21.5. The Morgan fingerprint density at radius 2 is 1.81 bits per heavy atom. The van der Waals surface area contributed by atoms with Crippen LogP contribution < -0.4 is 21.3 Å². The molecule has 4 amide bonds. The first-order valence-electron chi connectivity index (χ1n) is 11.7. The monoisotopic (exact) mass is 554 g/mol. The van der Waals surface area contributed by atoms with Crippen LogP contribution in [0.5, 0.6) is 0 Å². The average Bonchev–Trinajstić information content (AvgIpc) is 3.29. The maximum absolute atomic E-state index is 11.8. The molecule has 0 spiro atoms. The van der Waals surface area contributed by atoms with E-state index >= 15 is 0 Å². The molecule has 0 aliphatic carbocycles. The highest BCUT2D eigenvalue weighted by Crippen LogP contribution is 2.21. The molecular formula is C25H35ClN4O6S. The molecule has 0 radical (unpaired) electrons. The van der Waals surface area contributed by atoms with Gasteiger partial charge < -0.3 is 30.7 Å². The lowest BCUT2D eigenvalue weighted by atomic mass is 10.2. The lowest BCUT2D eigenvalue weighted by molar-refractivity contribution is -0.125. The number of carbonyl (C=O) groups excluding carboxylic acids is 4. The molecule has 0 unspecified atom stereocenters. The second-order valence-corrected chi connectivity index (χ2v) is 10.1. The molecule has 1 saturated heterocycles. The fourth-order valence-electron chi connectivity index (χ4n) is 2.70. The smallest absolute Gasteiger partial charge is 0.406 e. The van der Waals surface area contributed by atoms with Gasteiger partial charge in [0.2, 0.25) is 5.91 Å². The van der Waals surface area contributed by atoms with E-state index in [0.29, 0.717) is 41.0 Å². The lowest BCUT2D eigenvalue weighted by Crippen LogP contribution is -2.41. The van der Waals surface area contributed by atoms with Crippen LogP contribution in [-0.2, 0) is 19.1 Å². The van der Waals surface area contributed by atoms with Crippen molar-refractivity contribution < 1.29 is 28.7 Å². The molecule has 3 rings (SSSR count). The Labute approximate surface area is 226 Å². The molecule has 1 aliphatic heterocycles. The van der Waals surface area contributed by atoms with Crippen LogP contribution in [0.25, 0.3) is 0 Å². The number of hydrogen-bond donors (Lipinski definition) is 3. The Morgan fingerprint density at radius 1 is 1.16 bits per heavy atom. The van der Waals surface area contributed by atoms with Crippen LogP contribution in [0.3, 0.4) is 0 Å². The highest BCUT2D eigenvalue weighted by atomic mass is 35.5. The number of nitrogens with one attached hydrogen (secondary N) is 2. The number of alkyl carbamates (subject to hydrolysis) is 1. The lowest BCUT2D eigenvalue weighted by Gasteiger charge is -2.26. The molecule has 4 N–H and O–H groups in total. The van der Waals surface area contributed by atoms with Gasteiger partial charge >= 0.3 is 6.09 Å². The number of carbonyl (C=O) groups is 4. The highest BCUT2D eigenvalue weighted by Gasteiger charge is 2.19. The van der Waals surface area contributed by atoms with E-state index in [1.165, 1.54) is 18.4 Å². The minimum atomic E-state index is -0.511. The van der Waals surface area contributed by atoms with E-state index in [1.807, 2.05) is 0 Å². The normalized spacial score (nSPS) is 12.5. The Morgan fingerprint density at radius 3 is 2.30 bits per heavy atom. The van der Waals surface area contributed by atoms with Crippen molar-refractivity contribution in [1.82, 2.24) is 5.32 Å². The number of halogens is 1. The minimum absolute atomic E-state index is 0.0730. The summed E-state index contributed by atoms with van der Waals surface area (Å²) in [5.41, 5.74) is 6.38. The third-order valence-corrected chi connectivity index (χ3v) is 5.55. The summed E-state index contributed by atoms with van der Waals surface area (Å²) in [6.45, 7) is 8.01. The Balaban J connectivity index is 0.000000432. The summed E-state index contributed by atoms with van der Waals surface area (Å²) in [7, 11) is 1.29. The number of thiophene rings is 1. The third-order valence-electron chi connectivity index (χ3n) is 4.30. The number of anilines is 2. The standard InChI is InChI=1S/C16H21N3O5.C5H4ClNOS.C4H10/c1-23-16(22)17-8-2-3-14(20)18-12-4-6-13(7-5-12)19-9-10-24-11-15(19)21;6-4-2-1-3(9-4)5(7)8;1-4(2)3/h4-7H,2-3,8-11H2,1H3,(H,17,22)(H,18,20);1-2H,(H2,7,8);4H,1-3H3. The first kappa shape index (κ1) is 31.9. The minimum Gasteiger partial charge on any atom is -0.453 e. The number of hydrogen-bond acceptors (Lipinski definition) is 7. The molecule has 1 fully saturated rings. The van der Waals surface area contributed by atoms with Gasteiger partial charge in [0.25, 0.3) is 11.8 Å². The number of benzene rings is 1. The topological polar surface area (TPSA) is 140 Å². The van der Waals surface area contributed by atoms with E-state index in [0.717, 1.165) is 11.6 Å². The third kappa shape index (κ3) is 13.7. The quantitative estimate of drug-likeness (QED) is 0.436. The number of amides is 4. The van der Waals surface area contributed by atoms with E-state index in [4.69, 9.17) is 22.1 Å². The van der Waals surface area contributed by atoms with E-state index in [-0.39, 0.29) is 24.8 Å². The summed E-state index contributed by atoms with van der Waals surface area (Å²) >= 11 is 6.70. The van der Waals surface area contributed by atoms with Crippen molar-refractivity contribution in [3.8, 4) is 0 Å². The maximum Gasteiger partial charge on any atom is 0.406 e. The number of ether oxygens (including phenoxy) is 2. The van der Waals surface area contributed by atoms with E-state index < -0.39 is 12.0 Å². The summed E-state index contributed by atoms with van der Waals surface area (Å²) in [5, 5.41) is 5.29. The predicted molar refractivity (Wildman–Crippen MR) is 146 cm³/mol. The van der Waals surface area contributed by atoms with Crippen LogP contribution in [0.2, 0.25) is 4.34 Å². The summed E-state index contributed by atoms with van der Waals surface area (Å²) in [6, 6.07) is 10.3. The van der Waals surface area contributed by atoms with Crippen molar-refractivity contribution in [2.75, 3.05) is 43.6 Å². The largest absolute Gasteiger partial charge is 0.453 e. The van der Waals surface area contributed by atoms with Crippen molar-refractivity contribution in [1.29, 1.82) is 0 Å². The first-order chi connectivity index (χ1) is 17.5. The zero-order valence-corrected chi connectivity index (χ0v) is 23.1. The summed E-state index contributed by atoms with van der Waals surface area (Å²) in [6.07, 6.45) is 0.290. The number of methoxy groups -OCH3 is 1. The molecule has 204 valence electrons. The average molecular weight is 555 g/mol. The van der Waals surface area contributed by atoms with Crippen LogP contribution in [0, 0.1) is 5.92 Å². The Kier molecular flexibility index (Phi) is 14.9. The van der Waals surface area contributed by atoms with Gasteiger partial charge in [-0.1, -0.05) is 32.4 Å². The molecule has 12 heteroatoms. The fourth-order valence-corrected chi connectivity index (χ4v) is 3.59. The summed E-state index contributed by atoms with van der Waals surface area (Å²) in [4.78, 5) is 47.0. The van der Waals surface area contributed by atoms with Crippen molar-refractivity contribution in [3.05, 3.63) is 45.6 Å². The van der Waals surface area contributed by atoms with Crippen LogP contribution in [0.4, 0.5) is 16.2 Å². The SMILES string of the molecule is CC(C)C.COC(=O)NCCCC(=O)Nc1ccc(N2CCOCC2=O)cc1.NC(=O)c1ccc(Cl)s1. The van der Waals surface area contributed by atoms with Gasteiger partial charge in [0.1, 0.15) is 6.61 Å². The van der Waals surface area contributed by atoms with Gasteiger partial charge in [0.05, 0.1) is 22.9 Å². The number of nitrogens with zero attached hydrogens (tertiary/aromatic N) is 1. The Bertz CT molecular complexity index is 1010. The molecule has 37 heavy (non-hydrogen) atoms.